The van der Waals surface area contributed by atoms with Gasteiger partial charge in [0.2, 0.25) is 5.91 Å². The van der Waals surface area contributed by atoms with E-state index in [0.29, 0.717) is 15.8 Å². The molecule has 0 radical (unpaired) electrons. The summed E-state index contributed by atoms with van der Waals surface area (Å²) in [4.78, 5) is 19.1. The second-order valence-corrected chi connectivity index (χ2v) is 8.26. The summed E-state index contributed by atoms with van der Waals surface area (Å²) in [7, 11) is 0. The van der Waals surface area contributed by atoms with Crippen LogP contribution in [0, 0.1) is 11.6 Å². The molecule has 4 aromatic rings. The number of aromatic nitrogens is 1. The van der Waals surface area contributed by atoms with Crippen LogP contribution < -0.4 is 10.2 Å². The van der Waals surface area contributed by atoms with Crippen LogP contribution in [0.1, 0.15) is 5.56 Å². The molecule has 0 aliphatic carbocycles. The molecule has 3 aromatic carbocycles. The third-order valence-corrected chi connectivity index (χ3v) is 5.82. The number of nitrogens with zero attached hydrogens (tertiary/aromatic N) is 2. The fourth-order valence-corrected chi connectivity index (χ4v) is 4.01. The summed E-state index contributed by atoms with van der Waals surface area (Å²) in [6.45, 7) is 0.311. The van der Waals surface area contributed by atoms with Crippen molar-refractivity contribution >= 4 is 39.7 Å². The third kappa shape index (κ3) is 5.49. The molecule has 0 atom stereocenters. The van der Waals surface area contributed by atoms with Crippen molar-refractivity contribution in [2.75, 3.05) is 11.4 Å². The van der Waals surface area contributed by atoms with Gasteiger partial charge in [-0.15, -0.1) is 11.3 Å². The third-order valence-electron chi connectivity index (χ3n) is 4.71. The largest absolute Gasteiger partial charge is 0.350 e. The van der Waals surface area contributed by atoms with Gasteiger partial charge in [0.05, 0.1) is 5.69 Å². The van der Waals surface area contributed by atoms with Gasteiger partial charge >= 0.3 is 0 Å². The molecule has 8 heteroatoms. The van der Waals surface area contributed by atoms with Crippen molar-refractivity contribution in [3.05, 3.63) is 100 Å². The first kappa shape index (κ1) is 21.9. The number of hydrogen-bond donors (Lipinski definition) is 1. The Bertz CT molecular complexity index is 1200. The van der Waals surface area contributed by atoms with Crippen LogP contribution in [0.2, 0.25) is 5.02 Å². The predicted molar refractivity (Wildman–Crippen MR) is 124 cm³/mol. The summed E-state index contributed by atoms with van der Waals surface area (Å²) in [5, 5.41) is 5.91. The van der Waals surface area contributed by atoms with E-state index in [-0.39, 0.29) is 30.6 Å². The van der Waals surface area contributed by atoms with E-state index in [4.69, 9.17) is 11.6 Å². The Kier molecular flexibility index (Phi) is 6.78. The summed E-state index contributed by atoms with van der Waals surface area (Å²) in [6.07, 6.45) is 0. The number of rotatable bonds is 7. The number of carbonyl (C=O) groups is 1. The van der Waals surface area contributed by atoms with E-state index in [0.717, 1.165) is 16.8 Å². The second kappa shape index (κ2) is 9.89. The molecule has 1 aromatic heterocycles. The summed E-state index contributed by atoms with van der Waals surface area (Å²) in [5.41, 5.74) is 3.03. The van der Waals surface area contributed by atoms with E-state index in [1.807, 2.05) is 17.5 Å². The number of anilines is 2. The van der Waals surface area contributed by atoms with Crippen molar-refractivity contribution < 1.29 is 13.6 Å². The van der Waals surface area contributed by atoms with Crippen LogP contribution in [0.3, 0.4) is 0 Å². The number of benzene rings is 3. The van der Waals surface area contributed by atoms with E-state index >= 15 is 0 Å². The molecule has 0 unspecified atom stereocenters. The molecule has 0 spiro atoms. The van der Waals surface area contributed by atoms with Crippen LogP contribution in [0.25, 0.3) is 11.3 Å². The summed E-state index contributed by atoms with van der Waals surface area (Å²) < 4.78 is 26.3. The Hall–Kier alpha value is -3.29. The lowest BCUT2D eigenvalue weighted by atomic mass is 10.2. The Labute approximate surface area is 193 Å². The Balaban J connectivity index is 1.54. The number of thiazole rings is 1. The maximum absolute atomic E-state index is 13.2. The van der Waals surface area contributed by atoms with Crippen LogP contribution in [-0.4, -0.2) is 17.4 Å². The Morgan fingerprint density at radius 1 is 0.938 bits per heavy atom. The average Bonchev–Trinajstić information content (AvgIpc) is 3.28. The standard InChI is InChI=1S/C24H18ClF2N3OS/c25-18-5-11-21(12-6-18)30(14-23(31)28-13-16-1-7-19(26)8-2-16)24-29-22(15-32-24)17-3-9-20(27)10-4-17/h1-12,15H,13-14H2,(H,28,31). The monoisotopic (exact) mass is 469 g/mol. The molecule has 0 aliphatic heterocycles. The lowest BCUT2D eigenvalue weighted by Gasteiger charge is -2.21. The van der Waals surface area contributed by atoms with Gasteiger partial charge in [0.25, 0.3) is 0 Å². The zero-order valence-electron chi connectivity index (χ0n) is 16.8. The van der Waals surface area contributed by atoms with Gasteiger partial charge in [-0.1, -0.05) is 23.7 Å². The molecule has 0 fully saturated rings. The fraction of sp³-hybridized carbons (Fsp3) is 0.0833. The number of nitrogens with one attached hydrogen (secondary N) is 1. The van der Waals surface area contributed by atoms with Gasteiger partial charge in [0.1, 0.15) is 18.2 Å². The molecule has 0 bridgehead atoms. The van der Waals surface area contributed by atoms with Gasteiger partial charge in [0.15, 0.2) is 5.13 Å². The molecule has 0 saturated carbocycles. The zero-order valence-corrected chi connectivity index (χ0v) is 18.3. The second-order valence-electron chi connectivity index (χ2n) is 6.99. The first-order valence-corrected chi connectivity index (χ1v) is 11.0. The summed E-state index contributed by atoms with van der Waals surface area (Å²) in [5.74, 6) is -0.859. The average molecular weight is 470 g/mol. The van der Waals surface area contributed by atoms with E-state index in [1.54, 1.807) is 41.3 Å². The number of carbonyl (C=O) groups excluding carboxylic acids is 1. The van der Waals surface area contributed by atoms with E-state index < -0.39 is 0 Å². The van der Waals surface area contributed by atoms with E-state index in [9.17, 15) is 13.6 Å². The summed E-state index contributed by atoms with van der Waals surface area (Å²) >= 11 is 7.41. The molecular weight excluding hydrogens is 452 g/mol. The van der Waals surface area contributed by atoms with Crippen LogP contribution in [-0.2, 0) is 11.3 Å². The van der Waals surface area contributed by atoms with Gasteiger partial charge in [-0.05, 0) is 66.2 Å². The molecule has 0 saturated heterocycles. The van der Waals surface area contributed by atoms with Crippen molar-refractivity contribution in [3.63, 3.8) is 0 Å². The number of amides is 1. The van der Waals surface area contributed by atoms with Crippen LogP contribution in [0.5, 0.6) is 0 Å². The predicted octanol–water partition coefficient (Wildman–Crippen LogP) is 6.20. The van der Waals surface area contributed by atoms with Crippen molar-refractivity contribution in [1.29, 1.82) is 0 Å². The maximum Gasteiger partial charge on any atom is 0.240 e. The molecular formula is C24H18ClF2N3OS. The zero-order chi connectivity index (χ0) is 22.5. The number of hydrogen-bond acceptors (Lipinski definition) is 4. The van der Waals surface area contributed by atoms with Gasteiger partial charge in [-0.2, -0.15) is 0 Å². The highest BCUT2D eigenvalue weighted by molar-refractivity contribution is 7.14. The molecule has 1 N–H and O–H groups in total. The minimum atomic E-state index is -0.324. The first-order chi connectivity index (χ1) is 15.5. The molecule has 162 valence electrons. The minimum Gasteiger partial charge on any atom is -0.350 e. The van der Waals surface area contributed by atoms with E-state index in [2.05, 4.69) is 10.3 Å². The maximum atomic E-state index is 13.2. The van der Waals surface area contributed by atoms with Crippen LogP contribution in [0.4, 0.5) is 19.6 Å². The number of halogens is 3. The highest BCUT2D eigenvalue weighted by Crippen LogP contribution is 2.32. The van der Waals surface area contributed by atoms with Crippen molar-refractivity contribution in [1.82, 2.24) is 10.3 Å². The highest BCUT2D eigenvalue weighted by atomic mass is 35.5. The van der Waals surface area contributed by atoms with E-state index in [1.165, 1.54) is 35.6 Å². The lowest BCUT2D eigenvalue weighted by Crippen LogP contribution is -2.34. The van der Waals surface area contributed by atoms with Gasteiger partial charge in [-0.3, -0.25) is 4.79 Å². The minimum absolute atomic E-state index is 0.0270. The highest BCUT2D eigenvalue weighted by Gasteiger charge is 2.18. The summed E-state index contributed by atoms with van der Waals surface area (Å²) in [6, 6.07) is 19.2. The van der Waals surface area contributed by atoms with Crippen LogP contribution in [0.15, 0.2) is 78.2 Å². The normalized spacial score (nSPS) is 10.7. The molecule has 0 aliphatic rings. The van der Waals surface area contributed by atoms with Crippen molar-refractivity contribution in [3.8, 4) is 11.3 Å². The Morgan fingerprint density at radius 3 is 2.22 bits per heavy atom. The van der Waals surface area contributed by atoms with Crippen molar-refractivity contribution in [2.24, 2.45) is 0 Å². The topological polar surface area (TPSA) is 45.2 Å². The lowest BCUT2D eigenvalue weighted by molar-refractivity contribution is -0.119. The quantitative estimate of drug-likeness (QED) is 0.350. The smallest absolute Gasteiger partial charge is 0.240 e. The molecule has 1 heterocycles. The van der Waals surface area contributed by atoms with Crippen molar-refractivity contribution in [2.45, 2.75) is 6.54 Å². The van der Waals surface area contributed by atoms with Gasteiger partial charge in [-0.25, -0.2) is 13.8 Å². The SMILES string of the molecule is O=C(CN(c1ccc(Cl)cc1)c1nc(-c2ccc(F)cc2)cs1)NCc1ccc(F)cc1. The van der Waals surface area contributed by atoms with Gasteiger partial charge in [0, 0.05) is 28.2 Å². The fourth-order valence-electron chi connectivity index (χ4n) is 3.03. The first-order valence-electron chi connectivity index (χ1n) is 9.73. The molecule has 1 amide bonds. The molecule has 32 heavy (non-hydrogen) atoms. The van der Waals surface area contributed by atoms with Gasteiger partial charge < -0.3 is 10.2 Å². The molecule has 4 nitrogen and oxygen atoms in total. The Morgan fingerprint density at radius 2 is 1.56 bits per heavy atom. The molecule has 4 rings (SSSR count). The van der Waals surface area contributed by atoms with Crippen LogP contribution >= 0.6 is 22.9 Å².